The monoisotopic (exact) mass is 657 g/mol. The second kappa shape index (κ2) is 10.2. The molecule has 3 heterocycles. The highest BCUT2D eigenvalue weighted by molar-refractivity contribution is 6.11. The molecule has 5 nitrogen and oxygen atoms in total. The van der Waals surface area contributed by atoms with Gasteiger partial charge in [-0.25, -0.2) is 4.98 Å². The first kappa shape index (κ1) is 28.3. The predicted octanol–water partition coefficient (Wildman–Crippen LogP) is 12.5. The molecule has 2 aliphatic rings. The Hall–Kier alpha value is -6.59. The maximum Gasteiger partial charge on any atom is 0.227 e. The molecule has 2 aromatic heterocycles. The average molecular weight is 658 g/mol. The van der Waals surface area contributed by atoms with E-state index in [-0.39, 0.29) is 5.41 Å². The van der Waals surface area contributed by atoms with Crippen molar-refractivity contribution in [3.05, 3.63) is 163 Å². The molecule has 51 heavy (non-hydrogen) atoms. The van der Waals surface area contributed by atoms with E-state index in [1.54, 1.807) is 0 Å². The van der Waals surface area contributed by atoms with Gasteiger partial charge in [-0.15, -0.1) is 0 Å². The maximum atomic E-state index is 6.47. The molecule has 0 amide bonds. The van der Waals surface area contributed by atoms with E-state index in [0.29, 0.717) is 11.5 Å². The standard InChI is InChI=1S/C46H31N3O2/c1-46(2)35-16-8-6-14-31(35)33-24-34-32-15-7-9-17-38(32)48(40(34)25-36(33)46)30-22-20-28(21-23-30)45-47-37-26-44-41(27-43(37)51-45)49(29-12-4-3-5-13-29)39-18-10-11-19-42(39)50-44/h3-27H,1-2H3. The number of rotatable bonds is 3. The van der Waals surface area contributed by atoms with E-state index in [1.165, 1.54) is 44.1 Å². The topological polar surface area (TPSA) is 43.4 Å². The minimum absolute atomic E-state index is 0.0800. The highest BCUT2D eigenvalue weighted by atomic mass is 16.5. The van der Waals surface area contributed by atoms with Crippen molar-refractivity contribution in [2.24, 2.45) is 0 Å². The Labute approximate surface area is 294 Å². The van der Waals surface area contributed by atoms with E-state index >= 15 is 0 Å². The average Bonchev–Trinajstić information content (AvgIpc) is 3.80. The number of nitrogens with zero attached hydrogens (tertiary/aromatic N) is 3. The second-order valence-corrected chi connectivity index (χ2v) is 14.0. The van der Waals surface area contributed by atoms with Crippen LogP contribution < -0.4 is 9.64 Å². The smallest absolute Gasteiger partial charge is 0.227 e. The summed E-state index contributed by atoms with van der Waals surface area (Å²) in [5.41, 5.74) is 14.1. The van der Waals surface area contributed by atoms with Crippen molar-refractivity contribution in [2.45, 2.75) is 19.3 Å². The first-order valence-corrected chi connectivity index (χ1v) is 17.4. The fraction of sp³-hybridized carbons (Fsp3) is 0.0652. The Balaban J connectivity index is 1.02. The van der Waals surface area contributed by atoms with E-state index in [9.17, 15) is 0 Å². The summed E-state index contributed by atoms with van der Waals surface area (Å²) in [6, 6.07) is 53.4. The third-order valence-electron chi connectivity index (χ3n) is 10.8. The number of ether oxygens (including phenoxy) is 1. The molecule has 1 aliphatic heterocycles. The summed E-state index contributed by atoms with van der Waals surface area (Å²) in [5.74, 6) is 2.11. The molecule has 0 saturated carbocycles. The van der Waals surface area contributed by atoms with Gasteiger partial charge in [-0.05, 0) is 89.0 Å². The summed E-state index contributed by atoms with van der Waals surface area (Å²) >= 11 is 0. The predicted molar refractivity (Wildman–Crippen MR) is 206 cm³/mol. The Morgan fingerprint density at radius 3 is 2.20 bits per heavy atom. The van der Waals surface area contributed by atoms with Crippen LogP contribution >= 0.6 is 0 Å². The zero-order valence-electron chi connectivity index (χ0n) is 28.1. The Morgan fingerprint density at radius 2 is 1.31 bits per heavy atom. The number of benzene rings is 7. The number of aromatic nitrogens is 2. The molecule has 0 atom stereocenters. The number of hydrogen-bond donors (Lipinski definition) is 0. The van der Waals surface area contributed by atoms with Crippen LogP contribution in [0.25, 0.3) is 61.2 Å². The fourth-order valence-electron chi connectivity index (χ4n) is 8.35. The van der Waals surface area contributed by atoms with Crippen molar-refractivity contribution in [2.75, 3.05) is 4.90 Å². The fourth-order valence-corrected chi connectivity index (χ4v) is 8.35. The van der Waals surface area contributed by atoms with Crippen LogP contribution in [-0.2, 0) is 5.41 Å². The summed E-state index contributed by atoms with van der Waals surface area (Å²) in [6.45, 7) is 4.68. The second-order valence-electron chi connectivity index (χ2n) is 14.0. The van der Waals surface area contributed by atoms with Crippen LogP contribution in [0.1, 0.15) is 25.0 Å². The van der Waals surface area contributed by atoms with Gasteiger partial charge in [0.15, 0.2) is 17.1 Å². The number of fused-ring (bicyclic) bond motifs is 9. The van der Waals surface area contributed by atoms with Gasteiger partial charge in [0.05, 0.1) is 22.4 Å². The highest BCUT2D eigenvalue weighted by Gasteiger charge is 2.36. The van der Waals surface area contributed by atoms with Gasteiger partial charge in [-0.3, -0.25) is 0 Å². The molecule has 0 saturated heterocycles. The van der Waals surface area contributed by atoms with Crippen LogP contribution in [0.5, 0.6) is 11.5 Å². The highest BCUT2D eigenvalue weighted by Crippen LogP contribution is 2.53. The van der Waals surface area contributed by atoms with Gasteiger partial charge < -0.3 is 18.6 Å². The van der Waals surface area contributed by atoms with E-state index in [1.807, 2.05) is 48.5 Å². The van der Waals surface area contributed by atoms with Crippen molar-refractivity contribution >= 4 is 50.0 Å². The van der Waals surface area contributed by atoms with Crippen molar-refractivity contribution in [1.82, 2.24) is 9.55 Å². The summed E-state index contributed by atoms with van der Waals surface area (Å²) in [6.07, 6.45) is 0. The number of hydrogen-bond acceptors (Lipinski definition) is 4. The molecule has 1 aliphatic carbocycles. The summed E-state index contributed by atoms with van der Waals surface area (Å²) in [7, 11) is 0. The van der Waals surface area contributed by atoms with Crippen LogP contribution in [0.3, 0.4) is 0 Å². The van der Waals surface area contributed by atoms with Gasteiger partial charge in [0, 0.05) is 45.3 Å². The third kappa shape index (κ3) is 4.00. The molecule has 0 N–H and O–H groups in total. The van der Waals surface area contributed by atoms with Crippen LogP contribution in [0, 0.1) is 0 Å². The largest absolute Gasteiger partial charge is 0.453 e. The number of para-hydroxylation sites is 4. The van der Waals surface area contributed by atoms with Crippen LogP contribution in [0.2, 0.25) is 0 Å². The van der Waals surface area contributed by atoms with E-state index in [0.717, 1.165) is 45.3 Å². The zero-order valence-corrected chi connectivity index (χ0v) is 28.1. The lowest BCUT2D eigenvalue weighted by atomic mass is 9.82. The lowest BCUT2D eigenvalue weighted by Gasteiger charge is -2.32. The molecular weight excluding hydrogens is 627 g/mol. The van der Waals surface area contributed by atoms with E-state index in [4.69, 9.17) is 14.1 Å². The van der Waals surface area contributed by atoms with Crippen molar-refractivity contribution in [1.29, 1.82) is 0 Å². The molecule has 5 heteroatoms. The third-order valence-corrected chi connectivity index (χ3v) is 10.8. The summed E-state index contributed by atoms with van der Waals surface area (Å²) < 4.78 is 15.3. The van der Waals surface area contributed by atoms with Crippen molar-refractivity contribution in [3.8, 4) is 39.8 Å². The zero-order chi connectivity index (χ0) is 33.8. The SMILES string of the molecule is CC1(C)c2ccccc2-c2cc3c4ccccc4n(-c4ccc(-c5nc6cc7c(cc6o5)N(c5ccccc5)c5ccccc5O7)cc4)c3cc21. The molecule has 242 valence electrons. The van der Waals surface area contributed by atoms with Gasteiger partial charge >= 0.3 is 0 Å². The minimum Gasteiger partial charge on any atom is -0.453 e. The number of anilines is 3. The number of oxazole rings is 1. The Morgan fingerprint density at radius 1 is 0.549 bits per heavy atom. The van der Waals surface area contributed by atoms with Crippen LogP contribution in [0.15, 0.2) is 156 Å². The molecule has 9 aromatic rings. The van der Waals surface area contributed by atoms with Gasteiger partial charge in [-0.1, -0.05) is 86.6 Å². The summed E-state index contributed by atoms with van der Waals surface area (Å²) in [5, 5.41) is 2.51. The first-order chi connectivity index (χ1) is 25.0. The van der Waals surface area contributed by atoms with E-state index in [2.05, 4.69) is 126 Å². The van der Waals surface area contributed by atoms with Crippen LogP contribution in [-0.4, -0.2) is 9.55 Å². The molecule has 7 aromatic carbocycles. The lowest BCUT2D eigenvalue weighted by molar-refractivity contribution is 0.477. The van der Waals surface area contributed by atoms with E-state index < -0.39 is 0 Å². The molecule has 11 rings (SSSR count). The molecule has 0 spiro atoms. The van der Waals surface area contributed by atoms with Gasteiger partial charge in [0.25, 0.3) is 0 Å². The molecule has 0 bridgehead atoms. The van der Waals surface area contributed by atoms with Crippen molar-refractivity contribution < 1.29 is 9.15 Å². The summed E-state index contributed by atoms with van der Waals surface area (Å²) in [4.78, 5) is 7.15. The first-order valence-electron chi connectivity index (χ1n) is 17.4. The lowest BCUT2D eigenvalue weighted by Crippen LogP contribution is -2.15. The normalized spacial score (nSPS) is 14.0. The van der Waals surface area contributed by atoms with Crippen LogP contribution in [0.4, 0.5) is 17.1 Å². The Bertz CT molecular complexity index is 2860. The molecule has 0 unspecified atom stereocenters. The Kier molecular flexibility index (Phi) is 5.66. The van der Waals surface area contributed by atoms with Gasteiger partial charge in [0.2, 0.25) is 5.89 Å². The quantitative estimate of drug-likeness (QED) is 0.190. The van der Waals surface area contributed by atoms with Gasteiger partial charge in [0.1, 0.15) is 5.52 Å². The van der Waals surface area contributed by atoms with Gasteiger partial charge in [-0.2, -0.15) is 0 Å². The molecule has 0 radical (unpaired) electrons. The molecular formula is C46H31N3O2. The van der Waals surface area contributed by atoms with Crippen molar-refractivity contribution in [3.63, 3.8) is 0 Å². The minimum atomic E-state index is -0.0800. The maximum absolute atomic E-state index is 6.47. The molecule has 0 fully saturated rings.